The summed E-state index contributed by atoms with van der Waals surface area (Å²) in [5, 5.41) is 0. The molecule has 1 aliphatic rings. The Morgan fingerprint density at radius 3 is 2.64 bits per heavy atom. The fourth-order valence-electron chi connectivity index (χ4n) is 2.85. The summed E-state index contributed by atoms with van der Waals surface area (Å²) < 4.78 is 19.4. The van der Waals surface area contributed by atoms with Crippen LogP contribution in [0.2, 0.25) is 0 Å². The number of fused-ring (bicyclic) bond motifs is 1. The number of carbonyl (C=O) groups is 1. The van der Waals surface area contributed by atoms with Crippen molar-refractivity contribution in [2.24, 2.45) is 0 Å². The Kier molecular flexibility index (Phi) is 3.57. The van der Waals surface area contributed by atoms with Crippen molar-refractivity contribution in [2.75, 3.05) is 0 Å². The highest BCUT2D eigenvalue weighted by Crippen LogP contribution is 2.38. The van der Waals surface area contributed by atoms with E-state index >= 15 is 0 Å². The van der Waals surface area contributed by atoms with Crippen molar-refractivity contribution < 1.29 is 13.9 Å². The van der Waals surface area contributed by atoms with Gasteiger partial charge in [-0.05, 0) is 37.6 Å². The Bertz CT molecular complexity index is 749. The van der Waals surface area contributed by atoms with Gasteiger partial charge in [0.15, 0.2) is 5.78 Å². The summed E-state index contributed by atoms with van der Waals surface area (Å²) in [5.74, 6) is 0.153. The molecular weight excluding hydrogens is 279 g/mol. The van der Waals surface area contributed by atoms with Crippen LogP contribution in [0.3, 0.4) is 0 Å². The maximum absolute atomic E-state index is 13.4. The highest BCUT2D eigenvalue weighted by atomic mass is 19.1. The molecule has 3 heteroatoms. The van der Waals surface area contributed by atoms with Gasteiger partial charge in [0.1, 0.15) is 17.2 Å². The summed E-state index contributed by atoms with van der Waals surface area (Å²) in [6.45, 7) is 3.80. The Morgan fingerprint density at radius 2 is 1.91 bits per heavy atom. The standard InChI is InChI=1S/C19H17FO2/c1-13-11-19(2,12-17(21)14-6-4-3-5-7-14)22-18-10-15(20)8-9-16(13)18/h3-11H,12H2,1-2H3/t19-/m1/s1. The summed E-state index contributed by atoms with van der Waals surface area (Å²) in [5.41, 5.74) is 1.75. The van der Waals surface area contributed by atoms with Crippen molar-refractivity contribution in [1.29, 1.82) is 0 Å². The molecule has 2 nitrogen and oxygen atoms in total. The first kappa shape index (κ1) is 14.5. The number of carbonyl (C=O) groups excluding carboxylic acids is 1. The predicted octanol–water partition coefficient (Wildman–Crippen LogP) is 4.65. The summed E-state index contributed by atoms with van der Waals surface area (Å²) in [7, 11) is 0. The molecule has 0 spiro atoms. The number of rotatable bonds is 3. The van der Waals surface area contributed by atoms with E-state index in [-0.39, 0.29) is 18.0 Å². The predicted molar refractivity (Wildman–Crippen MR) is 84.5 cm³/mol. The summed E-state index contributed by atoms with van der Waals surface area (Å²) in [6, 6.07) is 13.6. The SMILES string of the molecule is CC1=C[C@](C)(CC(=O)c2ccccc2)Oc2cc(F)ccc21. The van der Waals surface area contributed by atoms with Crippen molar-refractivity contribution in [1.82, 2.24) is 0 Å². The van der Waals surface area contributed by atoms with Crippen LogP contribution in [0.1, 0.15) is 36.2 Å². The van der Waals surface area contributed by atoms with Gasteiger partial charge in [0.05, 0.1) is 6.42 Å². The Balaban J connectivity index is 1.89. The first-order valence-electron chi connectivity index (χ1n) is 7.23. The van der Waals surface area contributed by atoms with Crippen molar-refractivity contribution in [3.63, 3.8) is 0 Å². The molecule has 0 saturated carbocycles. The van der Waals surface area contributed by atoms with Crippen LogP contribution in [0.4, 0.5) is 4.39 Å². The number of halogens is 1. The zero-order valence-electron chi connectivity index (χ0n) is 12.6. The Labute approximate surface area is 129 Å². The number of Topliss-reactive ketones (excluding diaryl/α,β-unsaturated/α-hetero) is 1. The van der Waals surface area contributed by atoms with Gasteiger partial charge in [-0.15, -0.1) is 0 Å². The average molecular weight is 296 g/mol. The molecule has 0 amide bonds. The smallest absolute Gasteiger partial charge is 0.167 e. The number of allylic oxidation sites excluding steroid dienone is 1. The van der Waals surface area contributed by atoms with E-state index in [2.05, 4.69) is 0 Å². The third kappa shape index (κ3) is 2.80. The average Bonchev–Trinajstić information content (AvgIpc) is 2.47. The van der Waals surface area contributed by atoms with E-state index < -0.39 is 5.60 Å². The van der Waals surface area contributed by atoms with Gasteiger partial charge in [0.25, 0.3) is 0 Å². The van der Waals surface area contributed by atoms with E-state index in [1.807, 2.05) is 38.1 Å². The molecule has 1 aliphatic heterocycles. The summed E-state index contributed by atoms with van der Waals surface area (Å²) in [6.07, 6.45) is 2.15. The van der Waals surface area contributed by atoms with Crippen LogP contribution in [0.25, 0.3) is 5.57 Å². The van der Waals surface area contributed by atoms with Gasteiger partial charge in [0.2, 0.25) is 0 Å². The van der Waals surface area contributed by atoms with Gasteiger partial charge in [-0.3, -0.25) is 4.79 Å². The van der Waals surface area contributed by atoms with Crippen molar-refractivity contribution in [3.05, 3.63) is 71.6 Å². The minimum absolute atomic E-state index is 0.00648. The monoisotopic (exact) mass is 296 g/mol. The van der Waals surface area contributed by atoms with Gasteiger partial charge in [0, 0.05) is 17.2 Å². The fraction of sp³-hybridized carbons (Fsp3) is 0.211. The second-order valence-electron chi connectivity index (χ2n) is 5.85. The molecule has 1 heterocycles. The molecule has 22 heavy (non-hydrogen) atoms. The van der Waals surface area contributed by atoms with E-state index in [0.717, 1.165) is 11.1 Å². The van der Waals surface area contributed by atoms with E-state index in [0.29, 0.717) is 11.3 Å². The molecule has 0 N–H and O–H groups in total. The number of hydrogen-bond acceptors (Lipinski definition) is 2. The lowest BCUT2D eigenvalue weighted by molar-refractivity contribution is 0.0808. The Hall–Kier alpha value is -2.42. The van der Waals surface area contributed by atoms with E-state index in [1.165, 1.54) is 12.1 Å². The van der Waals surface area contributed by atoms with Crippen LogP contribution in [-0.4, -0.2) is 11.4 Å². The molecule has 1 atom stereocenters. The molecule has 112 valence electrons. The summed E-state index contributed by atoms with van der Waals surface area (Å²) in [4.78, 5) is 12.4. The number of hydrogen-bond donors (Lipinski definition) is 0. The molecule has 0 bridgehead atoms. The minimum Gasteiger partial charge on any atom is -0.482 e. The van der Waals surface area contributed by atoms with Crippen LogP contribution < -0.4 is 4.74 Å². The lowest BCUT2D eigenvalue weighted by Gasteiger charge is -2.33. The molecule has 0 radical (unpaired) electrons. The van der Waals surface area contributed by atoms with Gasteiger partial charge in [-0.25, -0.2) is 4.39 Å². The van der Waals surface area contributed by atoms with Crippen LogP contribution >= 0.6 is 0 Å². The second kappa shape index (κ2) is 5.41. The largest absolute Gasteiger partial charge is 0.482 e. The third-order valence-corrected chi connectivity index (χ3v) is 3.84. The fourth-order valence-corrected chi connectivity index (χ4v) is 2.85. The second-order valence-corrected chi connectivity index (χ2v) is 5.85. The first-order valence-corrected chi connectivity index (χ1v) is 7.23. The lowest BCUT2D eigenvalue weighted by atomic mass is 9.89. The molecule has 0 saturated heterocycles. The molecule has 2 aromatic carbocycles. The van der Waals surface area contributed by atoms with Crippen molar-refractivity contribution in [3.8, 4) is 5.75 Å². The number of benzene rings is 2. The molecule has 0 aromatic heterocycles. The summed E-state index contributed by atoms with van der Waals surface area (Å²) >= 11 is 0. The molecule has 0 unspecified atom stereocenters. The van der Waals surface area contributed by atoms with Crippen LogP contribution in [0, 0.1) is 5.82 Å². The van der Waals surface area contributed by atoms with E-state index in [4.69, 9.17) is 4.74 Å². The molecule has 3 rings (SSSR count). The molecule has 2 aromatic rings. The molecular formula is C19H17FO2. The highest BCUT2D eigenvalue weighted by molar-refractivity contribution is 5.97. The Morgan fingerprint density at radius 1 is 1.18 bits per heavy atom. The van der Waals surface area contributed by atoms with Crippen molar-refractivity contribution in [2.45, 2.75) is 25.9 Å². The zero-order chi connectivity index (χ0) is 15.7. The number of ether oxygens (including phenoxy) is 1. The van der Waals surface area contributed by atoms with Crippen LogP contribution in [-0.2, 0) is 0 Å². The van der Waals surface area contributed by atoms with Crippen molar-refractivity contribution >= 4 is 11.4 Å². The lowest BCUT2D eigenvalue weighted by Crippen LogP contribution is -2.35. The van der Waals surface area contributed by atoms with E-state index in [9.17, 15) is 9.18 Å². The topological polar surface area (TPSA) is 26.3 Å². The van der Waals surface area contributed by atoms with Gasteiger partial charge in [-0.2, -0.15) is 0 Å². The van der Waals surface area contributed by atoms with Gasteiger partial charge >= 0.3 is 0 Å². The number of ketones is 1. The normalized spacial score (nSPS) is 19.9. The molecule has 0 aliphatic carbocycles. The quantitative estimate of drug-likeness (QED) is 0.770. The van der Waals surface area contributed by atoms with Crippen LogP contribution in [0.5, 0.6) is 5.75 Å². The molecule has 0 fully saturated rings. The maximum atomic E-state index is 13.4. The highest BCUT2D eigenvalue weighted by Gasteiger charge is 2.32. The zero-order valence-corrected chi connectivity index (χ0v) is 12.6. The van der Waals surface area contributed by atoms with Gasteiger partial charge < -0.3 is 4.74 Å². The van der Waals surface area contributed by atoms with E-state index in [1.54, 1.807) is 18.2 Å². The van der Waals surface area contributed by atoms with Gasteiger partial charge in [-0.1, -0.05) is 30.3 Å². The first-order chi connectivity index (χ1) is 10.5. The third-order valence-electron chi connectivity index (χ3n) is 3.84. The maximum Gasteiger partial charge on any atom is 0.167 e. The minimum atomic E-state index is -0.766. The van der Waals surface area contributed by atoms with Crippen LogP contribution in [0.15, 0.2) is 54.6 Å².